The number of imidazole rings is 1. The van der Waals surface area contributed by atoms with Gasteiger partial charge in [0.05, 0.1) is 12.9 Å². The van der Waals surface area contributed by atoms with Crippen molar-refractivity contribution < 1.29 is 14.9 Å². The monoisotopic (exact) mass is 319 g/mol. The highest BCUT2D eigenvalue weighted by molar-refractivity contribution is 6.49. The molecule has 108 valence electrons. The number of aliphatic hydroxyl groups excluding tert-OH is 2. The largest absolute Gasteiger partial charge is 0.394 e. The van der Waals surface area contributed by atoms with Gasteiger partial charge in [-0.2, -0.15) is 0 Å². The number of ether oxygens (including phenoxy) is 1. The van der Waals surface area contributed by atoms with Gasteiger partial charge in [-0.05, 0) is 0 Å². The molecule has 0 saturated carbocycles. The van der Waals surface area contributed by atoms with Crippen molar-refractivity contribution in [3.05, 3.63) is 12.7 Å². The first-order valence-electron chi connectivity index (χ1n) is 5.72. The third-order valence-electron chi connectivity index (χ3n) is 3.20. The quantitative estimate of drug-likeness (QED) is 0.657. The van der Waals surface area contributed by atoms with E-state index in [-0.39, 0.29) is 5.82 Å². The number of aromatic nitrogens is 4. The number of nitrogens with zero attached hydrogens (tertiary/aromatic N) is 4. The summed E-state index contributed by atoms with van der Waals surface area (Å²) in [5.41, 5.74) is 6.44. The van der Waals surface area contributed by atoms with Crippen LogP contribution in [0.3, 0.4) is 0 Å². The normalized spacial score (nSPS) is 29.1. The maximum absolute atomic E-state index is 9.97. The van der Waals surface area contributed by atoms with Crippen LogP contribution in [0.5, 0.6) is 0 Å². The molecular weight excluding hydrogens is 309 g/mol. The highest BCUT2D eigenvalue weighted by Crippen LogP contribution is 2.47. The molecule has 8 nitrogen and oxygen atoms in total. The zero-order valence-electron chi connectivity index (χ0n) is 10.0. The molecule has 0 amide bonds. The summed E-state index contributed by atoms with van der Waals surface area (Å²) in [5.74, 6) is 0.209. The molecule has 2 aromatic heterocycles. The zero-order valence-corrected chi connectivity index (χ0v) is 11.5. The Morgan fingerprint density at radius 1 is 1.40 bits per heavy atom. The van der Waals surface area contributed by atoms with E-state index in [0.29, 0.717) is 11.2 Å². The van der Waals surface area contributed by atoms with E-state index >= 15 is 0 Å². The lowest BCUT2D eigenvalue weighted by Crippen LogP contribution is -2.37. The highest BCUT2D eigenvalue weighted by atomic mass is 35.5. The van der Waals surface area contributed by atoms with Gasteiger partial charge in [-0.3, -0.25) is 4.57 Å². The van der Waals surface area contributed by atoms with Crippen LogP contribution < -0.4 is 5.73 Å². The average molecular weight is 320 g/mol. The van der Waals surface area contributed by atoms with Crippen LogP contribution in [0.2, 0.25) is 0 Å². The first kappa shape index (κ1) is 13.8. The summed E-state index contributed by atoms with van der Waals surface area (Å²) in [4.78, 5) is 12.0. The fourth-order valence-electron chi connectivity index (χ4n) is 2.16. The number of hydrogen-bond acceptors (Lipinski definition) is 7. The summed E-state index contributed by atoms with van der Waals surface area (Å²) in [6.07, 6.45) is -0.442. The highest BCUT2D eigenvalue weighted by Gasteiger charge is 2.55. The molecule has 4 N–H and O–H groups in total. The summed E-state index contributed by atoms with van der Waals surface area (Å²) in [6, 6.07) is 0. The zero-order chi connectivity index (χ0) is 14.5. The summed E-state index contributed by atoms with van der Waals surface area (Å²) in [7, 11) is 0. The van der Waals surface area contributed by atoms with Crippen LogP contribution in [0.4, 0.5) is 5.82 Å². The Labute approximate surface area is 123 Å². The molecule has 2 aromatic rings. The summed E-state index contributed by atoms with van der Waals surface area (Å²) >= 11 is 12.3. The lowest BCUT2D eigenvalue weighted by Gasteiger charge is -2.23. The van der Waals surface area contributed by atoms with Crippen molar-refractivity contribution in [1.29, 1.82) is 0 Å². The van der Waals surface area contributed by atoms with Gasteiger partial charge in [-0.25, -0.2) is 15.0 Å². The van der Waals surface area contributed by atoms with Crippen molar-refractivity contribution in [1.82, 2.24) is 19.5 Å². The van der Waals surface area contributed by atoms with Crippen LogP contribution >= 0.6 is 23.2 Å². The molecule has 3 rings (SSSR count). The molecule has 20 heavy (non-hydrogen) atoms. The maximum atomic E-state index is 9.97. The number of halogens is 2. The van der Waals surface area contributed by atoms with Crippen molar-refractivity contribution in [3.63, 3.8) is 0 Å². The van der Waals surface area contributed by atoms with Crippen molar-refractivity contribution >= 4 is 40.2 Å². The van der Waals surface area contributed by atoms with Gasteiger partial charge in [0.1, 0.15) is 24.1 Å². The molecule has 3 atom stereocenters. The van der Waals surface area contributed by atoms with E-state index in [9.17, 15) is 5.11 Å². The molecule has 1 saturated heterocycles. The van der Waals surface area contributed by atoms with E-state index in [4.69, 9.17) is 38.8 Å². The molecule has 1 fully saturated rings. The molecule has 0 spiro atoms. The van der Waals surface area contributed by atoms with Crippen molar-refractivity contribution in [2.75, 3.05) is 12.3 Å². The Balaban J connectivity index is 2.10. The van der Waals surface area contributed by atoms with E-state index in [1.807, 2.05) is 0 Å². The number of fused-ring (bicyclic) bond motifs is 1. The molecule has 3 heterocycles. The van der Waals surface area contributed by atoms with Crippen LogP contribution in [0.25, 0.3) is 11.2 Å². The minimum absolute atomic E-state index is 0.209. The van der Waals surface area contributed by atoms with Gasteiger partial charge in [0.2, 0.25) is 0 Å². The fourth-order valence-corrected chi connectivity index (χ4v) is 2.75. The predicted octanol–water partition coefficient (Wildman–Crippen LogP) is -0.167. The lowest BCUT2D eigenvalue weighted by molar-refractivity contribution is -0.0434. The van der Waals surface area contributed by atoms with Gasteiger partial charge in [0, 0.05) is 0 Å². The Morgan fingerprint density at radius 3 is 2.80 bits per heavy atom. The number of nitrogens with two attached hydrogens (primary N) is 1. The standard InChI is InChI=1S/C10H11Cl2N5O3/c11-10(12)6(19)4(1-18)20-9(10)17-3-16-5-7(13)14-2-15-8(5)17/h2-4,6,9,18-19H,1H2,(H2,13,14,15)/t4-,6+,9-/m1/s1. The number of alkyl halides is 2. The second-order valence-corrected chi connectivity index (χ2v) is 5.86. The SMILES string of the molecule is Nc1ncnc2c1ncn2[C@@H]1O[C@H](CO)[C@H](O)C1(Cl)Cl. The maximum Gasteiger partial charge on any atom is 0.191 e. The number of rotatable bonds is 2. The summed E-state index contributed by atoms with van der Waals surface area (Å²) in [5, 5.41) is 19.1. The Kier molecular flexibility index (Phi) is 3.22. The molecule has 1 aliphatic rings. The van der Waals surface area contributed by atoms with Crippen LogP contribution in [-0.2, 0) is 4.74 Å². The van der Waals surface area contributed by atoms with E-state index in [0.717, 1.165) is 0 Å². The third-order valence-corrected chi connectivity index (χ3v) is 4.02. The Hall–Kier alpha value is -1.19. The van der Waals surface area contributed by atoms with E-state index in [2.05, 4.69) is 15.0 Å². The molecule has 10 heteroatoms. The lowest BCUT2D eigenvalue weighted by atomic mass is 10.2. The minimum atomic E-state index is -1.65. The average Bonchev–Trinajstić information content (AvgIpc) is 2.92. The minimum Gasteiger partial charge on any atom is -0.394 e. The first-order chi connectivity index (χ1) is 9.46. The second kappa shape index (κ2) is 4.68. The molecular formula is C10H11Cl2N5O3. The number of nitrogen functional groups attached to an aromatic ring is 1. The second-order valence-electron chi connectivity index (χ2n) is 4.41. The van der Waals surface area contributed by atoms with Crippen LogP contribution in [0.1, 0.15) is 6.23 Å². The van der Waals surface area contributed by atoms with Crippen molar-refractivity contribution in [3.8, 4) is 0 Å². The molecule has 0 bridgehead atoms. The third kappa shape index (κ3) is 1.84. The molecule has 0 radical (unpaired) electrons. The van der Waals surface area contributed by atoms with Crippen LogP contribution in [0.15, 0.2) is 12.7 Å². The fraction of sp³-hybridized carbons (Fsp3) is 0.500. The smallest absolute Gasteiger partial charge is 0.191 e. The molecule has 1 aliphatic heterocycles. The summed E-state index contributed by atoms with van der Waals surface area (Å²) < 4.78 is 5.29. The predicted molar refractivity (Wildman–Crippen MR) is 71.2 cm³/mol. The van der Waals surface area contributed by atoms with Gasteiger partial charge in [-0.15, -0.1) is 0 Å². The summed E-state index contributed by atoms with van der Waals surface area (Å²) in [6.45, 7) is -0.414. The van der Waals surface area contributed by atoms with E-state index in [1.165, 1.54) is 17.2 Å². The molecule has 0 unspecified atom stereocenters. The van der Waals surface area contributed by atoms with Gasteiger partial charge in [-0.1, -0.05) is 23.2 Å². The topological polar surface area (TPSA) is 119 Å². The van der Waals surface area contributed by atoms with E-state index in [1.54, 1.807) is 0 Å². The van der Waals surface area contributed by atoms with Gasteiger partial charge < -0.3 is 20.7 Å². The van der Waals surface area contributed by atoms with Crippen LogP contribution in [-0.4, -0.2) is 52.9 Å². The van der Waals surface area contributed by atoms with Gasteiger partial charge in [0.25, 0.3) is 0 Å². The van der Waals surface area contributed by atoms with Crippen LogP contribution in [0, 0.1) is 0 Å². The van der Waals surface area contributed by atoms with Gasteiger partial charge in [0.15, 0.2) is 22.0 Å². The van der Waals surface area contributed by atoms with E-state index < -0.39 is 29.4 Å². The number of aliphatic hydroxyl groups is 2. The number of hydrogen-bond donors (Lipinski definition) is 3. The Morgan fingerprint density at radius 2 is 2.15 bits per heavy atom. The molecule has 0 aromatic carbocycles. The van der Waals surface area contributed by atoms with Crippen molar-refractivity contribution in [2.24, 2.45) is 0 Å². The molecule has 0 aliphatic carbocycles. The Bertz CT molecular complexity index is 649. The van der Waals surface area contributed by atoms with Gasteiger partial charge >= 0.3 is 0 Å². The van der Waals surface area contributed by atoms with Crippen molar-refractivity contribution in [2.45, 2.75) is 22.8 Å². The first-order valence-corrected chi connectivity index (χ1v) is 6.47. The number of anilines is 1.